The van der Waals surface area contributed by atoms with Crippen molar-refractivity contribution in [2.75, 3.05) is 6.26 Å². The van der Waals surface area contributed by atoms with Crippen LogP contribution in [0.3, 0.4) is 0 Å². The predicted molar refractivity (Wildman–Crippen MR) is 96.1 cm³/mol. The van der Waals surface area contributed by atoms with E-state index in [-0.39, 0.29) is 5.75 Å². The summed E-state index contributed by atoms with van der Waals surface area (Å²) in [4.78, 5) is 0. The highest BCUT2D eigenvalue weighted by Gasteiger charge is 2.13. The SMILES string of the molecule is C[C@@H](NCc1ccc(CS(C)(=O)=O)cc1)[C@@H](C)c1ccccc1. The molecule has 23 heavy (non-hydrogen) atoms. The van der Waals surface area contributed by atoms with Crippen LogP contribution in [-0.2, 0) is 22.1 Å². The molecule has 0 spiro atoms. The third-order valence-electron chi connectivity index (χ3n) is 4.16. The van der Waals surface area contributed by atoms with Gasteiger partial charge in [-0.25, -0.2) is 8.42 Å². The monoisotopic (exact) mass is 331 g/mol. The minimum atomic E-state index is -2.97. The summed E-state index contributed by atoms with van der Waals surface area (Å²) in [5, 5.41) is 3.55. The second kappa shape index (κ2) is 7.75. The highest BCUT2D eigenvalue weighted by molar-refractivity contribution is 7.89. The van der Waals surface area contributed by atoms with E-state index in [4.69, 9.17) is 0 Å². The normalized spacial score (nSPS) is 14.4. The molecule has 0 unspecified atom stereocenters. The molecule has 0 aromatic heterocycles. The molecular formula is C19H25NO2S. The molecule has 2 rings (SSSR count). The van der Waals surface area contributed by atoms with Crippen LogP contribution in [0.15, 0.2) is 54.6 Å². The third-order valence-corrected chi connectivity index (χ3v) is 5.01. The molecular weight excluding hydrogens is 306 g/mol. The van der Waals surface area contributed by atoms with E-state index in [1.807, 2.05) is 30.3 Å². The lowest BCUT2D eigenvalue weighted by Gasteiger charge is -2.22. The van der Waals surface area contributed by atoms with Crippen molar-refractivity contribution in [3.8, 4) is 0 Å². The molecule has 4 heteroatoms. The molecule has 0 aliphatic rings. The topological polar surface area (TPSA) is 46.2 Å². The Kier molecular flexibility index (Phi) is 5.97. The van der Waals surface area contributed by atoms with Gasteiger partial charge in [-0.05, 0) is 29.5 Å². The van der Waals surface area contributed by atoms with Crippen LogP contribution in [0.2, 0.25) is 0 Å². The maximum atomic E-state index is 11.3. The van der Waals surface area contributed by atoms with Gasteiger partial charge in [-0.15, -0.1) is 0 Å². The van der Waals surface area contributed by atoms with Crippen molar-refractivity contribution in [2.24, 2.45) is 0 Å². The van der Waals surface area contributed by atoms with Crippen LogP contribution in [0.4, 0.5) is 0 Å². The van der Waals surface area contributed by atoms with E-state index >= 15 is 0 Å². The van der Waals surface area contributed by atoms with Gasteiger partial charge in [0.05, 0.1) is 5.75 Å². The second-order valence-electron chi connectivity index (χ2n) is 6.26. The fourth-order valence-electron chi connectivity index (χ4n) is 2.56. The van der Waals surface area contributed by atoms with E-state index in [0.717, 1.165) is 17.7 Å². The maximum Gasteiger partial charge on any atom is 0.151 e. The Bertz CT molecular complexity index is 709. The molecule has 124 valence electrons. The van der Waals surface area contributed by atoms with E-state index in [1.54, 1.807) is 0 Å². The van der Waals surface area contributed by atoms with Crippen molar-refractivity contribution in [2.45, 2.75) is 38.1 Å². The summed E-state index contributed by atoms with van der Waals surface area (Å²) < 4.78 is 22.6. The molecule has 2 aromatic carbocycles. The Hall–Kier alpha value is -1.65. The van der Waals surface area contributed by atoms with Crippen LogP contribution in [-0.4, -0.2) is 20.7 Å². The molecule has 1 N–H and O–H groups in total. The van der Waals surface area contributed by atoms with E-state index in [2.05, 4.69) is 43.4 Å². The van der Waals surface area contributed by atoms with Crippen molar-refractivity contribution >= 4 is 9.84 Å². The number of hydrogen-bond donors (Lipinski definition) is 1. The predicted octanol–water partition coefficient (Wildman–Crippen LogP) is 3.51. The molecule has 2 aromatic rings. The Balaban J connectivity index is 1.90. The Morgan fingerprint density at radius 3 is 2.04 bits per heavy atom. The third kappa shape index (κ3) is 5.81. The van der Waals surface area contributed by atoms with Crippen LogP contribution in [0.25, 0.3) is 0 Å². The first-order valence-electron chi connectivity index (χ1n) is 7.89. The summed E-state index contributed by atoms with van der Waals surface area (Å²) >= 11 is 0. The van der Waals surface area contributed by atoms with E-state index < -0.39 is 9.84 Å². The van der Waals surface area contributed by atoms with E-state index in [9.17, 15) is 8.42 Å². The van der Waals surface area contributed by atoms with Crippen molar-refractivity contribution in [1.29, 1.82) is 0 Å². The number of benzene rings is 2. The molecule has 0 heterocycles. The Labute approximate surface area is 139 Å². The number of sulfone groups is 1. The largest absolute Gasteiger partial charge is 0.310 e. The fraction of sp³-hybridized carbons (Fsp3) is 0.368. The minimum Gasteiger partial charge on any atom is -0.310 e. The van der Waals surface area contributed by atoms with Crippen molar-refractivity contribution in [3.63, 3.8) is 0 Å². The minimum absolute atomic E-state index is 0.0994. The molecule has 0 saturated carbocycles. The fourth-order valence-corrected chi connectivity index (χ4v) is 3.35. The summed E-state index contributed by atoms with van der Waals surface area (Å²) in [5.41, 5.74) is 3.33. The van der Waals surface area contributed by atoms with E-state index in [1.165, 1.54) is 11.8 Å². The standard InChI is InChI=1S/C19H25NO2S/c1-15(19-7-5-4-6-8-19)16(2)20-13-17-9-11-18(12-10-17)14-23(3,21)22/h4-12,15-16,20H,13-14H2,1-3H3/t15-,16-/m1/s1. The molecule has 0 amide bonds. The van der Waals surface area contributed by atoms with Crippen molar-refractivity contribution in [3.05, 3.63) is 71.3 Å². The maximum absolute atomic E-state index is 11.3. The highest BCUT2D eigenvalue weighted by atomic mass is 32.2. The molecule has 0 bridgehead atoms. The number of nitrogens with one attached hydrogen (secondary N) is 1. The summed E-state index contributed by atoms with van der Waals surface area (Å²) in [6.07, 6.45) is 1.26. The lowest BCUT2D eigenvalue weighted by molar-refractivity contribution is 0.480. The van der Waals surface area contributed by atoms with Gasteiger partial charge < -0.3 is 5.32 Å². The summed E-state index contributed by atoms with van der Waals surface area (Å²) in [6, 6.07) is 18.6. The Morgan fingerprint density at radius 2 is 1.48 bits per heavy atom. The van der Waals surface area contributed by atoms with Gasteiger partial charge in [0.2, 0.25) is 0 Å². The van der Waals surface area contributed by atoms with Gasteiger partial charge in [0.25, 0.3) is 0 Å². The number of rotatable bonds is 7. The summed E-state index contributed by atoms with van der Waals surface area (Å²) in [7, 11) is -2.97. The summed E-state index contributed by atoms with van der Waals surface area (Å²) in [6.45, 7) is 5.19. The quantitative estimate of drug-likeness (QED) is 0.844. The van der Waals surface area contributed by atoms with Crippen LogP contribution in [0.5, 0.6) is 0 Å². The van der Waals surface area contributed by atoms with Gasteiger partial charge >= 0.3 is 0 Å². The molecule has 2 atom stereocenters. The van der Waals surface area contributed by atoms with Crippen LogP contribution < -0.4 is 5.32 Å². The van der Waals surface area contributed by atoms with Gasteiger partial charge in [-0.1, -0.05) is 61.5 Å². The molecule has 0 radical (unpaired) electrons. The molecule has 0 aliphatic carbocycles. The number of hydrogen-bond acceptors (Lipinski definition) is 3. The van der Waals surface area contributed by atoms with Crippen molar-refractivity contribution in [1.82, 2.24) is 5.32 Å². The highest BCUT2D eigenvalue weighted by Crippen LogP contribution is 2.19. The molecule has 0 aliphatic heterocycles. The van der Waals surface area contributed by atoms with Crippen LogP contribution >= 0.6 is 0 Å². The molecule has 0 saturated heterocycles. The average Bonchev–Trinajstić information content (AvgIpc) is 2.52. The zero-order valence-electron chi connectivity index (χ0n) is 14.0. The molecule has 0 fully saturated rings. The first kappa shape index (κ1) is 17.7. The molecule has 3 nitrogen and oxygen atoms in total. The first-order valence-corrected chi connectivity index (χ1v) is 9.95. The van der Waals surface area contributed by atoms with Gasteiger partial charge in [0, 0.05) is 18.8 Å². The van der Waals surface area contributed by atoms with E-state index in [0.29, 0.717) is 12.0 Å². The Morgan fingerprint density at radius 1 is 0.913 bits per heavy atom. The van der Waals surface area contributed by atoms with Crippen molar-refractivity contribution < 1.29 is 8.42 Å². The van der Waals surface area contributed by atoms with Gasteiger partial charge in [0.15, 0.2) is 9.84 Å². The second-order valence-corrected chi connectivity index (χ2v) is 8.40. The summed E-state index contributed by atoms with van der Waals surface area (Å²) in [5.74, 6) is 0.531. The first-order chi connectivity index (χ1) is 10.8. The lowest BCUT2D eigenvalue weighted by Crippen LogP contribution is -2.30. The van der Waals surface area contributed by atoms with Crippen LogP contribution in [0.1, 0.15) is 36.5 Å². The smallest absolute Gasteiger partial charge is 0.151 e. The van der Waals surface area contributed by atoms with Crippen LogP contribution in [0, 0.1) is 0 Å². The zero-order chi connectivity index (χ0) is 16.9. The van der Waals surface area contributed by atoms with Gasteiger partial charge in [-0.3, -0.25) is 0 Å². The van der Waals surface area contributed by atoms with Gasteiger partial charge in [0.1, 0.15) is 0 Å². The van der Waals surface area contributed by atoms with Gasteiger partial charge in [-0.2, -0.15) is 0 Å². The average molecular weight is 331 g/mol. The zero-order valence-corrected chi connectivity index (χ0v) is 14.8. The lowest BCUT2D eigenvalue weighted by atomic mass is 9.94.